The third-order valence-electron chi connectivity index (χ3n) is 2.89. The molecular weight excluding hydrogens is 257 g/mol. The van der Waals surface area contributed by atoms with E-state index in [9.17, 15) is 4.39 Å². The summed E-state index contributed by atoms with van der Waals surface area (Å²) in [6.45, 7) is 2.52. The second kappa shape index (κ2) is 4.53. The minimum absolute atomic E-state index is 0.415. The zero-order valence-electron chi connectivity index (χ0n) is 9.50. The molecule has 2 aromatic rings. The van der Waals surface area contributed by atoms with Crippen LogP contribution >= 0.6 is 11.6 Å². The van der Waals surface area contributed by atoms with E-state index in [4.69, 9.17) is 11.6 Å². The van der Waals surface area contributed by atoms with Gasteiger partial charge < -0.3 is 4.90 Å². The highest BCUT2D eigenvalue weighted by Crippen LogP contribution is 2.22. The molecule has 0 atom stereocenters. The molecule has 0 saturated carbocycles. The smallest absolute Gasteiger partial charge is 0.225 e. The molecule has 94 valence electrons. The zero-order valence-corrected chi connectivity index (χ0v) is 10.3. The molecule has 7 heteroatoms. The first-order valence-corrected chi connectivity index (χ1v) is 5.99. The predicted octanol–water partition coefficient (Wildman–Crippen LogP) is 1.60. The maximum absolute atomic E-state index is 12.7. The Balaban J connectivity index is 1.55. The lowest BCUT2D eigenvalue weighted by molar-refractivity contribution is 0.338. The van der Waals surface area contributed by atoms with Crippen LogP contribution in [0.2, 0.25) is 5.02 Å². The summed E-state index contributed by atoms with van der Waals surface area (Å²) < 4.78 is 14.5. The Morgan fingerprint density at radius 3 is 2.61 bits per heavy atom. The monoisotopic (exact) mass is 267 g/mol. The Morgan fingerprint density at radius 1 is 1.28 bits per heavy atom. The Kier molecular flexibility index (Phi) is 2.87. The zero-order chi connectivity index (χ0) is 12.5. The van der Waals surface area contributed by atoms with Crippen LogP contribution in [0.15, 0.2) is 24.8 Å². The lowest BCUT2D eigenvalue weighted by Gasteiger charge is -2.39. The SMILES string of the molecule is Fc1cnc(N2CC(Cn3cc(Cl)cn3)C2)nc1. The van der Waals surface area contributed by atoms with Crippen molar-refractivity contribution in [2.24, 2.45) is 5.92 Å². The number of rotatable bonds is 3. The minimum atomic E-state index is -0.415. The molecule has 3 rings (SSSR count). The van der Waals surface area contributed by atoms with Crippen molar-refractivity contribution in [3.63, 3.8) is 0 Å². The van der Waals surface area contributed by atoms with Crippen LogP contribution in [0.1, 0.15) is 0 Å². The quantitative estimate of drug-likeness (QED) is 0.848. The number of nitrogens with zero attached hydrogens (tertiary/aromatic N) is 5. The molecule has 0 spiro atoms. The molecule has 5 nitrogen and oxygen atoms in total. The number of aromatic nitrogens is 4. The van der Waals surface area contributed by atoms with Crippen LogP contribution in [0, 0.1) is 11.7 Å². The fraction of sp³-hybridized carbons (Fsp3) is 0.364. The van der Waals surface area contributed by atoms with E-state index in [0.29, 0.717) is 16.9 Å². The highest BCUT2D eigenvalue weighted by molar-refractivity contribution is 6.30. The Hall–Kier alpha value is -1.69. The van der Waals surface area contributed by atoms with Gasteiger partial charge in [0.2, 0.25) is 5.95 Å². The van der Waals surface area contributed by atoms with E-state index in [0.717, 1.165) is 19.6 Å². The van der Waals surface area contributed by atoms with Crippen LogP contribution in [0.4, 0.5) is 10.3 Å². The van der Waals surface area contributed by atoms with Gasteiger partial charge in [-0.05, 0) is 0 Å². The molecule has 2 aromatic heterocycles. The van der Waals surface area contributed by atoms with Crippen molar-refractivity contribution in [3.05, 3.63) is 35.6 Å². The topological polar surface area (TPSA) is 46.8 Å². The summed E-state index contributed by atoms with van der Waals surface area (Å²) in [4.78, 5) is 9.89. The summed E-state index contributed by atoms with van der Waals surface area (Å²) in [6, 6.07) is 0. The van der Waals surface area contributed by atoms with Gasteiger partial charge in [-0.3, -0.25) is 4.68 Å². The van der Waals surface area contributed by atoms with E-state index in [-0.39, 0.29) is 0 Å². The molecule has 1 aliphatic heterocycles. The van der Waals surface area contributed by atoms with Crippen molar-refractivity contribution in [1.82, 2.24) is 19.7 Å². The molecule has 0 aliphatic carbocycles. The first-order valence-electron chi connectivity index (χ1n) is 5.61. The first kappa shape index (κ1) is 11.4. The van der Waals surface area contributed by atoms with Gasteiger partial charge in [-0.25, -0.2) is 14.4 Å². The van der Waals surface area contributed by atoms with Crippen molar-refractivity contribution in [3.8, 4) is 0 Å². The number of anilines is 1. The van der Waals surface area contributed by atoms with Crippen molar-refractivity contribution < 1.29 is 4.39 Å². The fourth-order valence-corrected chi connectivity index (χ4v) is 2.18. The van der Waals surface area contributed by atoms with Gasteiger partial charge in [0.15, 0.2) is 5.82 Å². The van der Waals surface area contributed by atoms with Crippen LogP contribution in [0.25, 0.3) is 0 Å². The average Bonchev–Trinajstić information content (AvgIpc) is 2.71. The van der Waals surface area contributed by atoms with E-state index in [1.807, 2.05) is 9.58 Å². The van der Waals surface area contributed by atoms with Crippen molar-refractivity contribution in [1.29, 1.82) is 0 Å². The van der Waals surface area contributed by atoms with Crippen LogP contribution in [-0.4, -0.2) is 32.8 Å². The van der Waals surface area contributed by atoms with E-state index in [2.05, 4.69) is 15.1 Å². The highest BCUT2D eigenvalue weighted by atomic mass is 35.5. The molecule has 3 heterocycles. The number of hydrogen-bond donors (Lipinski definition) is 0. The predicted molar refractivity (Wildman–Crippen MR) is 64.9 cm³/mol. The summed E-state index contributed by atoms with van der Waals surface area (Å²) in [5.74, 6) is 0.655. The third kappa shape index (κ3) is 2.28. The molecule has 0 aromatic carbocycles. The Bertz CT molecular complexity index is 535. The lowest BCUT2D eigenvalue weighted by Crippen LogP contribution is -2.49. The summed E-state index contributed by atoms with van der Waals surface area (Å²) in [5, 5.41) is 4.78. The van der Waals surface area contributed by atoms with Gasteiger partial charge in [0.25, 0.3) is 0 Å². The second-order valence-corrected chi connectivity index (χ2v) is 4.79. The van der Waals surface area contributed by atoms with Crippen LogP contribution < -0.4 is 4.90 Å². The molecule has 0 bridgehead atoms. The van der Waals surface area contributed by atoms with Crippen molar-refractivity contribution in [2.75, 3.05) is 18.0 Å². The molecule has 0 N–H and O–H groups in total. The van der Waals surface area contributed by atoms with Gasteiger partial charge in [-0.15, -0.1) is 0 Å². The van der Waals surface area contributed by atoms with Crippen LogP contribution in [0.3, 0.4) is 0 Å². The molecule has 18 heavy (non-hydrogen) atoms. The molecule has 1 saturated heterocycles. The highest BCUT2D eigenvalue weighted by Gasteiger charge is 2.29. The maximum atomic E-state index is 12.7. The van der Waals surface area contributed by atoms with E-state index < -0.39 is 5.82 Å². The summed E-state index contributed by atoms with van der Waals surface area (Å²) in [6.07, 6.45) is 5.80. The van der Waals surface area contributed by atoms with Crippen molar-refractivity contribution in [2.45, 2.75) is 6.54 Å². The third-order valence-corrected chi connectivity index (χ3v) is 3.09. The summed E-state index contributed by atoms with van der Waals surface area (Å²) >= 11 is 5.80. The Morgan fingerprint density at radius 2 is 2.00 bits per heavy atom. The van der Waals surface area contributed by atoms with Gasteiger partial charge in [-0.1, -0.05) is 11.6 Å². The van der Waals surface area contributed by atoms with Crippen LogP contribution in [-0.2, 0) is 6.54 Å². The van der Waals surface area contributed by atoms with Crippen molar-refractivity contribution >= 4 is 17.5 Å². The minimum Gasteiger partial charge on any atom is -0.340 e. The lowest BCUT2D eigenvalue weighted by atomic mass is 10.0. The van der Waals surface area contributed by atoms with Gasteiger partial charge in [0, 0.05) is 31.7 Å². The van der Waals surface area contributed by atoms with Gasteiger partial charge >= 0.3 is 0 Å². The van der Waals surface area contributed by atoms with E-state index in [1.54, 1.807) is 12.4 Å². The second-order valence-electron chi connectivity index (χ2n) is 4.35. The van der Waals surface area contributed by atoms with E-state index >= 15 is 0 Å². The number of hydrogen-bond acceptors (Lipinski definition) is 4. The molecule has 1 aliphatic rings. The normalized spacial score (nSPS) is 15.8. The van der Waals surface area contributed by atoms with Gasteiger partial charge in [0.05, 0.1) is 23.6 Å². The molecule has 0 radical (unpaired) electrons. The maximum Gasteiger partial charge on any atom is 0.225 e. The fourth-order valence-electron chi connectivity index (χ4n) is 2.02. The summed E-state index contributed by atoms with van der Waals surface area (Å²) in [7, 11) is 0. The largest absolute Gasteiger partial charge is 0.340 e. The van der Waals surface area contributed by atoms with Gasteiger partial charge in [0.1, 0.15) is 0 Å². The molecule has 1 fully saturated rings. The van der Waals surface area contributed by atoms with E-state index in [1.165, 1.54) is 12.4 Å². The van der Waals surface area contributed by atoms with Gasteiger partial charge in [-0.2, -0.15) is 5.10 Å². The molecule has 0 amide bonds. The number of halogens is 2. The molecular formula is C11H11ClFN5. The standard InChI is InChI=1S/C11H11ClFN5/c12-9-1-16-18(7-9)6-8-4-17(5-8)11-14-2-10(13)3-15-11/h1-3,7-8H,4-6H2. The first-order chi connectivity index (χ1) is 8.70. The average molecular weight is 268 g/mol. The molecule has 0 unspecified atom stereocenters. The summed E-state index contributed by atoms with van der Waals surface area (Å²) in [5.41, 5.74) is 0. The van der Waals surface area contributed by atoms with Crippen LogP contribution in [0.5, 0.6) is 0 Å². The Labute approximate surface area is 108 Å².